The second-order valence-corrected chi connectivity index (χ2v) is 5.51. The van der Waals surface area contributed by atoms with Crippen LogP contribution in [0.5, 0.6) is 0 Å². The summed E-state index contributed by atoms with van der Waals surface area (Å²) >= 11 is 0. The molecule has 2 unspecified atom stereocenters. The third kappa shape index (κ3) is 4.76. The lowest BCUT2D eigenvalue weighted by Crippen LogP contribution is -2.47. The van der Waals surface area contributed by atoms with Crippen LogP contribution in [-0.2, 0) is 6.54 Å². The molecule has 1 aliphatic heterocycles. The van der Waals surface area contributed by atoms with Crippen LogP contribution in [0, 0.1) is 11.7 Å². The molecule has 0 aromatic heterocycles. The molecule has 1 saturated heterocycles. The van der Waals surface area contributed by atoms with E-state index < -0.39 is 18.5 Å². The summed E-state index contributed by atoms with van der Waals surface area (Å²) in [6, 6.07) is 5.85. The molecule has 1 fully saturated rings. The first kappa shape index (κ1) is 15.3. The van der Waals surface area contributed by atoms with E-state index in [1.165, 1.54) is 12.1 Å². The molecule has 0 saturated carbocycles. The van der Waals surface area contributed by atoms with Gasteiger partial charge < -0.3 is 5.73 Å². The van der Waals surface area contributed by atoms with Gasteiger partial charge in [0, 0.05) is 32.1 Å². The first-order valence-electron chi connectivity index (χ1n) is 6.61. The van der Waals surface area contributed by atoms with E-state index in [1.807, 2.05) is 4.90 Å². The topological polar surface area (TPSA) is 29.3 Å². The molecule has 0 aliphatic carbocycles. The molecular weight excluding hydrogens is 272 g/mol. The lowest BCUT2D eigenvalue weighted by Gasteiger charge is -2.36. The van der Waals surface area contributed by atoms with E-state index in [4.69, 9.17) is 5.73 Å². The Morgan fingerprint density at radius 2 is 2.00 bits per heavy atom. The molecule has 1 heterocycles. The molecule has 1 aromatic rings. The van der Waals surface area contributed by atoms with Crippen molar-refractivity contribution in [1.82, 2.24) is 4.90 Å². The van der Waals surface area contributed by atoms with E-state index in [9.17, 15) is 17.6 Å². The molecule has 2 N–H and O–H groups in total. The fourth-order valence-corrected chi connectivity index (χ4v) is 2.85. The second-order valence-electron chi connectivity index (χ2n) is 5.51. The first-order valence-corrected chi connectivity index (χ1v) is 6.61. The highest BCUT2D eigenvalue weighted by atomic mass is 19.4. The van der Waals surface area contributed by atoms with Crippen LogP contribution in [-0.4, -0.2) is 30.2 Å². The summed E-state index contributed by atoms with van der Waals surface area (Å²) in [4.78, 5) is 1.87. The lowest BCUT2D eigenvalue weighted by molar-refractivity contribution is -0.148. The van der Waals surface area contributed by atoms with Crippen molar-refractivity contribution in [3.8, 4) is 0 Å². The fraction of sp³-hybridized carbons (Fsp3) is 0.571. The summed E-state index contributed by atoms with van der Waals surface area (Å²) in [6.45, 7) is 1.33. The van der Waals surface area contributed by atoms with Crippen LogP contribution in [0.25, 0.3) is 0 Å². The van der Waals surface area contributed by atoms with Crippen molar-refractivity contribution in [3.63, 3.8) is 0 Å². The highest BCUT2D eigenvalue weighted by Crippen LogP contribution is 2.30. The van der Waals surface area contributed by atoms with E-state index in [1.54, 1.807) is 12.1 Å². The number of hydrogen-bond donors (Lipinski definition) is 1. The van der Waals surface area contributed by atoms with Crippen LogP contribution in [0.4, 0.5) is 17.6 Å². The molecule has 1 aromatic carbocycles. The Kier molecular flexibility index (Phi) is 4.65. The normalized spacial score (nSPS) is 24.9. The summed E-state index contributed by atoms with van der Waals surface area (Å²) < 4.78 is 50.5. The molecule has 2 rings (SSSR count). The van der Waals surface area contributed by atoms with Crippen molar-refractivity contribution in [1.29, 1.82) is 0 Å². The number of hydrogen-bond acceptors (Lipinski definition) is 2. The summed E-state index contributed by atoms with van der Waals surface area (Å²) in [5.41, 5.74) is 6.59. The summed E-state index contributed by atoms with van der Waals surface area (Å²) in [5, 5.41) is 0. The van der Waals surface area contributed by atoms with Gasteiger partial charge in [-0.15, -0.1) is 0 Å². The van der Waals surface area contributed by atoms with Crippen LogP contribution >= 0.6 is 0 Å². The Hall–Kier alpha value is -1.14. The van der Waals surface area contributed by atoms with Gasteiger partial charge in [0.1, 0.15) is 5.82 Å². The predicted molar refractivity (Wildman–Crippen MR) is 68.4 cm³/mol. The quantitative estimate of drug-likeness (QED) is 0.867. The minimum absolute atomic E-state index is 0.260. The number of halogens is 4. The van der Waals surface area contributed by atoms with Gasteiger partial charge in [0.2, 0.25) is 0 Å². The molecule has 0 radical (unpaired) electrons. The van der Waals surface area contributed by atoms with E-state index in [0.29, 0.717) is 26.1 Å². The SMILES string of the molecule is NC1CC(CC(F)(F)F)CN(Cc2cccc(F)c2)C1. The van der Waals surface area contributed by atoms with Crippen LogP contribution in [0.15, 0.2) is 24.3 Å². The predicted octanol–water partition coefficient (Wildman–Crippen LogP) is 2.93. The maximum Gasteiger partial charge on any atom is 0.389 e. The minimum Gasteiger partial charge on any atom is -0.327 e. The Morgan fingerprint density at radius 1 is 1.25 bits per heavy atom. The van der Waals surface area contributed by atoms with Gasteiger partial charge in [-0.25, -0.2) is 4.39 Å². The molecule has 2 nitrogen and oxygen atoms in total. The Bertz CT molecular complexity index is 447. The number of likely N-dealkylation sites (tertiary alicyclic amines) is 1. The van der Waals surface area contributed by atoms with Crippen molar-refractivity contribution in [3.05, 3.63) is 35.6 Å². The number of nitrogens with two attached hydrogens (primary N) is 1. The van der Waals surface area contributed by atoms with Gasteiger partial charge in [0.15, 0.2) is 0 Å². The number of alkyl halides is 3. The van der Waals surface area contributed by atoms with Gasteiger partial charge in [-0.05, 0) is 30.0 Å². The van der Waals surface area contributed by atoms with Crippen LogP contribution < -0.4 is 5.73 Å². The minimum atomic E-state index is -4.16. The maximum atomic E-state index is 13.1. The zero-order valence-electron chi connectivity index (χ0n) is 11.0. The maximum absolute atomic E-state index is 13.1. The van der Waals surface area contributed by atoms with Gasteiger partial charge in [-0.1, -0.05) is 12.1 Å². The van der Waals surface area contributed by atoms with Crippen molar-refractivity contribution in [2.75, 3.05) is 13.1 Å². The van der Waals surface area contributed by atoms with Gasteiger partial charge >= 0.3 is 6.18 Å². The third-order valence-corrected chi connectivity index (χ3v) is 3.46. The van der Waals surface area contributed by atoms with Gasteiger partial charge in [0.25, 0.3) is 0 Å². The smallest absolute Gasteiger partial charge is 0.327 e. The van der Waals surface area contributed by atoms with E-state index in [-0.39, 0.29) is 11.9 Å². The molecule has 6 heteroatoms. The lowest BCUT2D eigenvalue weighted by atomic mass is 9.91. The van der Waals surface area contributed by atoms with Crippen molar-refractivity contribution in [2.24, 2.45) is 11.7 Å². The number of nitrogens with zero attached hydrogens (tertiary/aromatic N) is 1. The van der Waals surface area contributed by atoms with Crippen molar-refractivity contribution in [2.45, 2.75) is 31.6 Å². The monoisotopic (exact) mass is 290 g/mol. The number of benzene rings is 1. The molecule has 1 aliphatic rings. The molecule has 20 heavy (non-hydrogen) atoms. The summed E-state index contributed by atoms with van der Waals surface area (Å²) in [6.07, 6.45) is -4.58. The Morgan fingerprint density at radius 3 is 2.65 bits per heavy atom. The molecule has 0 amide bonds. The van der Waals surface area contributed by atoms with Crippen LogP contribution in [0.2, 0.25) is 0 Å². The second kappa shape index (κ2) is 6.10. The van der Waals surface area contributed by atoms with Crippen LogP contribution in [0.3, 0.4) is 0 Å². The van der Waals surface area contributed by atoms with Gasteiger partial charge in [-0.3, -0.25) is 4.90 Å². The zero-order chi connectivity index (χ0) is 14.8. The zero-order valence-corrected chi connectivity index (χ0v) is 11.0. The number of rotatable bonds is 3. The molecule has 0 spiro atoms. The Balaban J connectivity index is 1.97. The molecule has 2 atom stereocenters. The van der Waals surface area contributed by atoms with Crippen molar-refractivity contribution < 1.29 is 17.6 Å². The first-order chi connectivity index (χ1) is 9.32. The molecular formula is C14H18F4N2. The van der Waals surface area contributed by atoms with Gasteiger partial charge in [0.05, 0.1) is 0 Å². The fourth-order valence-electron chi connectivity index (χ4n) is 2.85. The van der Waals surface area contributed by atoms with E-state index in [2.05, 4.69) is 0 Å². The highest BCUT2D eigenvalue weighted by Gasteiger charge is 2.35. The number of piperidine rings is 1. The average Bonchev–Trinajstić information content (AvgIpc) is 2.25. The average molecular weight is 290 g/mol. The molecule has 0 bridgehead atoms. The molecule has 112 valence electrons. The van der Waals surface area contributed by atoms with Crippen LogP contribution in [0.1, 0.15) is 18.4 Å². The Labute approximate surface area is 115 Å². The summed E-state index contributed by atoms with van der Waals surface area (Å²) in [7, 11) is 0. The summed E-state index contributed by atoms with van der Waals surface area (Å²) in [5.74, 6) is -0.817. The van der Waals surface area contributed by atoms with Crippen molar-refractivity contribution >= 4 is 0 Å². The van der Waals surface area contributed by atoms with Gasteiger partial charge in [-0.2, -0.15) is 13.2 Å². The largest absolute Gasteiger partial charge is 0.389 e. The highest BCUT2D eigenvalue weighted by molar-refractivity contribution is 5.16. The van der Waals surface area contributed by atoms with E-state index in [0.717, 1.165) is 5.56 Å². The standard InChI is InChI=1S/C14H18F4N2/c15-12-3-1-2-10(4-12)7-20-8-11(5-13(19)9-20)6-14(16,17)18/h1-4,11,13H,5-9,19H2. The van der Waals surface area contributed by atoms with E-state index >= 15 is 0 Å². The third-order valence-electron chi connectivity index (χ3n) is 3.46.